The van der Waals surface area contributed by atoms with Crippen molar-refractivity contribution in [3.63, 3.8) is 0 Å². The van der Waals surface area contributed by atoms with Gasteiger partial charge < -0.3 is 15.0 Å². The topological polar surface area (TPSA) is 37.2 Å². The lowest BCUT2D eigenvalue weighted by molar-refractivity contribution is 0.439. The minimum atomic E-state index is 0.353. The van der Waals surface area contributed by atoms with Crippen LogP contribution in [0.3, 0.4) is 0 Å². The van der Waals surface area contributed by atoms with Crippen LogP contribution in [0, 0.1) is 0 Å². The van der Waals surface area contributed by atoms with Crippen molar-refractivity contribution in [2.24, 2.45) is 0 Å². The summed E-state index contributed by atoms with van der Waals surface area (Å²) in [6.07, 6.45) is 4.62. The van der Waals surface area contributed by atoms with Gasteiger partial charge in [0.2, 0.25) is 0 Å². The predicted octanol–water partition coefficient (Wildman–Crippen LogP) is 4.45. The van der Waals surface area contributed by atoms with Crippen molar-refractivity contribution >= 4 is 10.9 Å². The molecule has 1 fully saturated rings. The number of aromatic hydroxyl groups is 1. The molecule has 0 atom stereocenters. The van der Waals surface area contributed by atoms with Crippen molar-refractivity contribution in [3.05, 3.63) is 65.9 Å². The summed E-state index contributed by atoms with van der Waals surface area (Å²) in [5.41, 5.74) is 4.09. The third-order valence-corrected chi connectivity index (χ3v) is 5.36. The summed E-state index contributed by atoms with van der Waals surface area (Å²) in [6.45, 7) is 3.23. The summed E-state index contributed by atoms with van der Waals surface area (Å²) in [6, 6.07) is 18.8. The van der Waals surface area contributed by atoms with Crippen molar-refractivity contribution in [3.8, 4) is 5.75 Å². The van der Waals surface area contributed by atoms with E-state index in [4.69, 9.17) is 0 Å². The fourth-order valence-electron chi connectivity index (χ4n) is 4.07. The van der Waals surface area contributed by atoms with E-state index in [0.29, 0.717) is 11.7 Å². The van der Waals surface area contributed by atoms with Crippen molar-refractivity contribution in [1.82, 2.24) is 9.88 Å². The summed E-state index contributed by atoms with van der Waals surface area (Å²) >= 11 is 0. The molecule has 0 radical (unpaired) electrons. The number of nitrogens with zero attached hydrogens (tertiary/aromatic N) is 1. The van der Waals surface area contributed by atoms with Crippen molar-refractivity contribution in [2.75, 3.05) is 13.1 Å². The maximum Gasteiger partial charge on any atom is 0.116 e. The standard InChI is InChI=1S/C22H26N2O/c25-20-8-9-21-19(15-20)16-22(18-10-12-23-13-11-18)24(21)14-4-7-17-5-2-1-3-6-17/h1-3,5-6,8-9,15-16,18,23,25H,4,7,10-14H2. The second-order valence-electron chi connectivity index (χ2n) is 7.08. The molecule has 0 unspecified atom stereocenters. The monoisotopic (exact) mass is 334 g/mol. The Bertz CT molecular complexity index is 832. The zero-order chi connectivity index (χ0) is 17.1. The zero-order valence-corrected chi connectivity index (χ0v) is 14.6. The lowest BCUT2D eigenvalue weighted by atomic mass is 9.94. The van der Waals surface area contributed by atoms with Crippen molar-refractivity contribution in [1.29, 1.82) is 0 Å². The van der Waals surface area contributed by atoms with Crippen LogP contribution in [0.5, 0.6) is 5.75 Å². The Morgan fingerprint density at radius 3 is 2.60 bits per heavy atom. The van der Waals surface area contributed by atoms with Gasteiger partial charge >= 0.3 is 0 Å². The Morgan fingerprint density at radius 1 is 1.00 bits per heavy atom. The highest BCUT2D eigenvalue weighted by Gasteiger charge is 2.20. The van der Waals surface area contributed by atoms with Crippen LogP contribution in [0.15, 0.2) is 54.6 Å². The van der Waals surface area contributed by atoms with E-state index < -0.39 is 0 Å². The number of phenols is 1. The van der Waals surface area contributed by atoms with E-state index in [0.717, 1.165) is 37.9 Å². The minimum absolute atomic E-state index is 0.353. The van der Waals surface area contributed by atoms with Crippen LogP contribution in [0.1, 0.15) is 36.4 Å². The molecule has 3 heteroatoms. The first-order valence-electron chi connectivity index (χ1n) is 9.38. The highest BCUT2D eigenvalue weighted by molar-refractivity contribution is 5.83. The Labute approximate surface area is 149 Å². The van der Waals surface area contributed by atoms with E-state index >= 15 is 0 Å². The number of hydrogen-bond donors (Lipinski definition) is 2. The molecule has 0 amide bonds. The molecular formula is C22H26N2O. The molecular weight excluding hydrogens is 308 g/mol. The van der Waals surface area contributed by atoms with Gasteiger partial charge in [-0.3, -0.25) is 0 Å². The van der Waals surface area contributed by atoms with Crippen LogP contribution in [0.25, 0.3) is 10.9 Å². The van der Waals surface area contributed by atoms with E-state index in [9.17, 15) is 5.11 Å². The summed E-state index contributed by atoms with van der Waals surface area (Å²) in [5, 5.41) is 14.5. The van der Waals surface area contributed by atoms with E-state index in [-0.39, 0.29) is 0 Å². The molecule has 1 aromatic heterocycles. The number of phenolic OH excluding ortho intramolecular Hbond substituents is 1. The molecule has 1 saturated heterocycles. The van der Waals surface area contributed by atoms with Crippen LogP contribution in [-0.2, 0) is 13.0 Å². The number of aryl methyl sites for hydroxylation is 2. The molecule has 25 heavy (non-hydrogen) atoms. The second-order valence-corrected chi connectivity index (χ2v) is 7.08. The summed E-state index contributed by atoms with van der Waals surface area (Å²) in [5.74, 6) is 0.971. The number of aromatic nitrogens is 1. The second kappa shape index (κ2) is 7.32. The van der Waals surface area contributed by atoms with Gasteiger partial charge in [-0.1, -0.05) is 30.3 Å². The first-order chi connectivity index (χ1) is 12.3. The smallest absolute Gasteiger partial charge is 0.116 e. The zero-order valence-electron chi connectivity index (χ0n) is 14.6. The van der Waals surface area contributed by atoms with E-state index in [1.54, 1.807) is 0 Å². The van der Waals surface area contributed by atoms with Crippen LogP contribution in [0.4, 0.5) is 0 Å². The van der Waals surface area contributed by atoms with Gasteiger partial charge in [-0.15, -0.1) is 0 Å². The Kier molecular flexibility index (Phi) is 4.75. The number of piperidine rings is 1. The molecule has 2 N–H and O–H groups in total. The molecule has 2 heterocycles. The fraction of sp³-hybridized carbons (Fsp3) is 0.364. The normalized spacial score (nSPS) is 15.7. The van der Waals surface area contributed by atoms with Crippen LogP contribution in [-0.4, -0.2) is 22.8 Å². The van der Waals surface area contributed by atoms with Gasteiger partial charge in [-0.2, -0.15) is 0 Å². The molecule has 1 aliphatic rings. The van der Waals surface area contributed by atoms with Crippen LogP contribution < -0.4 is 5.32 Å². The van der Waals surface area contributed by atoms with Gasteiger partial charge in [-0.05, 0) is 68.6 Å². The average Bonchev–Trinajstić information content (AvgIpc) is 3.01. The van der Waals surface area contributed by atoms with Gasteiger partial charge in [0.25, 0.3) is 0 Å². The molecule has 3 aromatic rings. The molecule has 1 aliphatic heterocycles. The molecule has 0 saturated carbocycles. The number of nitrogens with one attached hydrogen (secondary N) is 1. The van der Waals surface area contributed by atoms with Gasteiger partial charge in [0.05, 0.1) is 0 Å². The molecule has 3 nitrogen and oxygen atoms in total. The number of rotatable bonds is 5. The van der Waals surface area contributed by atoms with Crippen molar-refractivity contribution < 1.29 is 5.11 Å². The molecule has 4 rings (SSSR count). The molecule has 130 valence electrons. The molecule has 0 bridgehead atoms. The largest absolute Gasteiger partial charge is 0.508 e. The molecule has 2 aromatic carbocycles. The Hall–Kier alpha value is -2.26. The van der Waals surface area contributed by atoms with Gasteiger partial charge in [0.1, 0.15) is 5.75 Å². The third kappa shape index (κ3) is 3.57. The first kappa shape index (κ1) is 16.2. The molecule has 0 aliphatic carbocycles. The number of benzene rings is 2. The lowest BCUT2D eigenvalue weighted by Gasteiger charge is -2.24. The SMILES string of the molecule is Oc1ccc2c(c1)cc(C1CCNCC1)n2CCCc1ccccc1. The summed E-state index contributed by atoms with van der Waals surface area (Å²) in [7, 11) is 0. The van der Waals surface area contributed by atoms with E-state index in [1.165, 1.54) is 29.6 Å². The highest BCUT2D eigenvalue weighted by atomic mass is 16.3. The van der Waals surface area contributed by atoms with E-state index in [2.05, 4.69) is 52.3 Å². The van der Waals surface area contributed by atoms with Gasteiger partial charge in [0.15, 0.2) is 0 Å². The Morgan fingerprint density at radius 2 is 1.80 bits per heavy atom. The first-order valence-corrected chi connectivity index (χ1v) is 9.38. The molecule has 0 spiro atoms. The van der Waals surface area contributed by atoms with Gasteiger partial charge in [-0.25, -0.2) is 0 Å². The quantitative estimate of drug-likeness (QED) is 0.723. The van der Waals surface area contributed by atoms with Crippen LogP contribution >= 0.6 is 0 Å². The highest BCUT2D eigenvalue weighted by Crippen LogP contribution is 2.32. The number of hydrogen-bond acceptors (Lipinski definition) is 2. The summed E-state index contributed by atoms with van der Waals surface area (Å²) < 4.78 is 2.49. The minimum Gasteiger partial charge on any atom is -0.508 e. The maximum absolute atomic E-state index is 9.85. The average molecular weight is 334 g/mol. The predicted molar refractivity (Wildman–Crippen MR) is 103 cm³/mol. The maximum atomic E-state index is 9.85. The lowest BCUT2D eigenvalue weighted by Crippen LogP contribution is -2.27. The Balaban J connectivity index is 1.60. The van der Waals surface area contributed by atoms with Crippen LogP contribution in [0.2, 0.25) is 0 Å². The van der Waals surface area contributed by atoms with Crippen molar-refractivity contribution in [2.45, 2.75) is 38.1 Å². The van der Waals surface area contributed by atoms with Gasteiger partial charge in [0, 0.05) is 29.1 Å². The third-order valence-electron chi connectivity index (χ3n) is 5.36. The fourth-order valence-corrected chi connectivity index (χ4v) is 4.07. The summed E-state index contributed by atoms with van der Waals surface area (Å²) in [4.78, 5) is 0. The number of fused-ring (bicyclic) bond motifs is 1. The van der Waals surface area contributed by atoms with E-state index in [1.807, 2.05) is 12.1 Å².